The predicted molar refractivity (Wildman–Crippen MR) is 74.0 cm³/mol. The van der Waals surface area contributed by atoms with Crippen molar-refractivity contribution in [3.63, 3.8) is 0 Å². The minimum absolute atomic E-state index is 0.326. The first kappa shape index (κ1) is 13.2. The van der Waals surface area contributed by atoms with Crippen LogP contribution in [0.5, 0.6) is 0 Å². The molecule has 94 valence electrons. The Hall–Kier alpha value is -1.19. The molecule has 0 aliphatic heterocycles. The molecule has 2 aromatic carbocycles. The number of halogens is 2. The van der Waals surface area contributed by atoms with Gasteiger partial charge in [-0.15, -0.1) is 0 Å². The van der Waals surface area contributed by atoms with Crippen LogP contribution in [0.2, 0.25) is 0 Å². The maximum absolute atomic E-state index is 13.2. The first-order chi connectivity index (χ1) is 8.61. The molecule has 1 nitrogen and oxygen atoms in total. The van der Waals surface area contributed by atoms with Crippen molar-refractivity contribution in [2.75, 3.05) is 0 Å². The highest BCUT2D eigenvalue weighted by Crippen LogP contribution is 2.26. The molecule has 0 saturated carbocycles. The maximum atomic E-state index is 13.2. The molecule has 1 N–H and O–H groups in total. The summed E-state index contributed by atoms with van der Waals surface area (Å²) in [4.78, 5) is 0. The van der Waals surface area contributed by atoms with E-state index in [9.17, 15) is 9.50 Å². The maximum Gasteiger partial charge on any atom is 0.137 e. The Morgan fingerprint density at radius 1 is 1.17 bits per heavy atom. The average molecular weight is 309 g/mol. The van der Waals surface area contributed by atoms with Gasteiger partial charge in [-0.2, -0.15) is 0 Å². The predicted octanol–water partition coefficient (Wildman–Crippen LogP) is 4.23. The van der Waals surface area contributed by atoms with Gasteiger partial charge in [0.1, 0.15) is 11.9 Å². The molecule has 2 aromatic rings. The zero-order valence-electron chi connectivity index (χ0n) is 10.0. The monoisotopic (exact) mass is 308 g/mol. The Morgan fingerprint density at radius 2 is 1.89 bits per heavy atom. The SMILES string of the molecule is CCc1cccc(C(O)c2ccc(F)c(Br)c2)c1. The minimum Gasteiger partial charge on any atom is -0.384 e. The van der Waals surface area contributed by atoms with Crippen LogP contribution in [-0.2, 0) is 6.42 Å². The Balaban J connectivity index is 2.34. The van der Waals surface area contributed by atoms with Gasteiger partial charge in [0, 0.05) is 0 Å². The number of aryl methyl sites for hydroxylation is 1. The Bertz CT molecular complexity index is 554. The van der Waals surface area contributed by atoms with Crippen molar-refractivity contribution in [1.82, 2.24) is 0 Å². The fourth-order valence-electron chi connectivity index (χ4n) is 1.86. The van der Waals surface area contributed by atoms with E-state index in [1.54, 1.807) is 12.1 Å². The normalized spacial score (nSPS) is 12.4. The Morgan fingerprint density at radius 3 is 2.56 bits per heavy atom. The molecule has 0 fully saturated rings. The highest BCUT2D eigenvalue weighted by atomic mass is 79.9. The van der Waals surface area contributed by atoms with Gasteiger partial charge < -0.3 is 5.11 Å². The molecule has 0 saturated heterocycles. The molecule has 1 unspecified atom stereocenters. The van der Waals surface area contributed by atoms with Crippen LogP contribution in [0, 0.1) is 5.82 Å². The quantitative estimate of drug-likeness (QED) is 0.899. The minimum atomic E-state index is -0.728. The van der Waals surface area contributed by atoms with Crippen LogP contribution < -0.4 is 0 Å². The van der Waals surface area contributed by atoms with E-state index in [1.165, 1.54) is 11.6 Å². The van der Waals surface area contributed by atoms with Gasteiger partial charge in [-0.05, 0) is 51.2 Å². The Kier molecular flexibility index (Phi) is 4.15. The fourth-order valence-corrected chi connectivity index (χ4v) is 2.25. The average Bonchev–Trinajstić information content (AvgIpc) is 2.41. The zero-order valence-corrected chi connectivity index (χ0v) is 11.6. The lowest BCUT2D eigenvalue weighted by atomic mass is 9.99. The highest BCUT2D eigenvalue weighted by molar-refractivity contribution is 9.10. The molecule has 0 aromatic heterocycles. The third-order valence-electron chi connectivity index (χ3n) is 2.93. The summed E-state index contributed by atoms with van der Waals surface area (Å²) >= 11 is 3.13. The second kappa shape index (κ2) is 5.63. The third-order valence-corrected chi connectivity index (χ3v) is 3.54. The van der Waals surface area contributed by atoms with Gasteiger partial charge in [0.2, 0.25) is 0 Å². The van der Waals surface area contributed by atoms with Gasteiger partial charge in [0.15, 0.2) is 0 Å². The first-order valence-electron chi connectivity index (χ1n) is 5.83. The summed E-state index contributed by atoms with van der Waals surface area (Å²) in [5.74, 6) is -0.326. The molecule has 0 heterocycles. The van der Waals surface area contributed by atoms with E-state index in [1.807, 2.05) is 24.3 Å². The molecule has 3 heteroatoms. The second-order valence-electron chi connectivity index (χ2n) is 4.17. The van der Waals surface area contributed by atoms with E-state index in [2.05, 4.69) is 22.9 Å². The van der Waals surface area contributed by atoms with Crippen molar-refractivity contribution in [3.05, 3.63) is 69.4 Å². The van der Waals surface area contributed by atoms with Crippen LogP contribution in [0.1, 0.15) is 29.7 Å². The van der Waals surface area contributed by atoms with Crippen molar-refractivity contribution in [2.45, 2.75) is 19.4 Å². The van der Waals surface area contributed by atoms with E-state index >= 15 is 0 Å². The molecule has 18 heavy (non-hydrogen) atoms. The van der Waals surface area contributed by atoms with E-state index in [-0.39, 0.29) is 5.82 Å². The summed E-state index contributed by atoms with van der Waals surface area (Å²) in [7, 11) is 0. The zero-order chi connectivity index (χ0) is 13.1. The number of benzene rings is 2. The first-order valence-corrected chi connectivity index (χ1v) is 6.63. The lowest BCUT2D eigenvalue weighted by molar-refractivity contribution is 0.220. The van der Waals surface area contributed by atoms with Gasteiger partial charge in [0.05, 0.1) is 4.47 Å². The van der Waals surface area contributed by atoms with Gasteiger partial charge in [-0.1, -0.05) is 37.3 Å². The lowest BCUT2D eigenvalue weighted by Gasteiger charge is -2.13. The van der Waals surface area contributed by atoms with Gasteiger partial charge >= 0.3 is 0 Å². The van der Waals surface area contributed by atoms with Crippen LogP contribution in [0.4, 0.5) is 4.39 Å². The molecule has 0 aliphatic carbocycles. The van der Waals surface area contributed by atoms with Crippen molar-refractivity contribution in [3.8, 4) is 0 Å². The Labute approximate surface area is 114 Å². The van der Waals surface area contributed by atoms with Crippen LogP contribution in [-0.4, -0.2) is 5.11 Å². The standard InChI is InChI=1S/C15H14BrFO/c1-2-10-4-3-5-11(8-10)15(18)12-6-7-14(17)13(16)9-12/h3-9,15,18H,2H2,1H3. The summed E-state index contributed by atoms with van der Waals surface area (Å²) in [6, 6.07) is 12.4. The molecule has 0 spiro atoms. The number of hydrogen-bond donors (Lipinski definition) is 1. The second-order valence-corrected chi connectivity index (χ2v) is 5.03. The molecule has 0 radical (unpaired) electrons. The van der Waals surface area contributed by atoms with Gasteiger partial charge in [-0.25, -0.2) is 4.39 Å². The van der Waals surface area contributed by atoms with E-state index in [4.69, 9.17) is 0 Å². The van der Waals surface area contributed by atoms with E-state index in [0.717, 1.165) is 12.0 Å². The molecule has 1 atom stereocenters. The number of hydrogen-bond acceptors (Lipinski definition) is 1. The van der Waals surface area contributed by atoms with Crippen LogP contribution in [0.25, 0.3) is 0 Å². The summed E-state index contributed by atoms with van der Waals surface area (Å²) in [5, 5.41) is 10.3. The number of aliphatic hydroxyl groups excluding tert-OH is 1. The molecular formula is C15H14BrFO. The van der Waals surface area contributed by atoms with Crippen LogP contribution in [0.15, 0.2) is 46.9 Å². The lowest BCUT2D eigenvalue weighted by Crippen LogP contribution is -2.00. The third kappa shape index (κ3) is 2.79. The van der Waals surface area contributed by atoms with Gasteiger partial charge in [-0.3, -0.25) is 0 Å². The molecule has 0 amide bonds. The summed E-state index contributed by atoms with van der Waals surface area (Å²) in [6.45, 7) is 2.07. The summed E-state index contributed by atoms with van der Waals surface area (Å²) in [6.07, 6.45) is 0.196. The van der Waals surface area contributed by atoms with Crippen molar-refractivity contribution >= 4 is 15.9 Å². The summed E-state index contributed by atoms with van der Waals surface area (Å²) < 4.78 is 13.5. The van der Waals surface area contributed by atoms with Crippen LogP contribution in [0.3, 0.4) is 0 Å². The molecular weight excluding hydrogens is 295 g/mol. The fraction of sp³-hybridized carbons (Fsp3) is 0.200. The molecule has 2 rings (SSSR count). The van der Waals surface area contributed by atoms with Crippen molar-refractivity contribution < 1.29 is 9.50 Å². The van der Waals surface area contributed by atoms with Crippen LogP contribution >= 0.6 is 15.9 Å². The highest BCUT2D eigenvalue weighted by Gasteiger charge is 2.12. The van der Waals surface area contributed by atoms with Crippen molar-refractivity contribution in [1.29, 1.82) is 0 Å². The van der Waals surface area contributed by atoms with E-state index in [0.29, 0.717) is 10.0 Å². The largest absolute Gasteiger partial charge is 0.384 e. The van der Waals surface area contributed by atoms with Gasteiger partial charge in [0.25, 0.3) is 0 Å². The number of aliphatic hydroxyl groups is 1. The number of rotatable bonds is 3. The van der Waals surface area contributed by atoms with E-state index < -0.39 is 6.10 Å². The van der Waals surface area contributed by atoms with Crippen molar-refractivity contribution in [2.24, 2.45) is 0 Å². The summed E-state index contributed by atoms with van der Waals surface area (Å²) in [5.41, 5.74) is 2.68. The molecule has 0 bridgehead atoms. The smallest absolute Gasteiger partial charge is 0.137 e. The molecule has 0 aliphatic rings. The topological polar surface area (TPSA) is 20.2 Å².